The number of benzene rings is 1. The molecule has 0 bridgehead atoms. The molecule has 0 aliphatic rings. The summed E-state index contributed by atoms with van der Waals surface area (Å²) in [6.45, 7) is 1.85. The molecule has 1 aromatic carbocycles. The van der Waals surface area contributed by atoms with Crippen LogP contribution in [0.15, 0.2) is 48.9 Å². The minimum absolute atomic E-state index is 0.369. The summed E-state index contributed by atoms with van der Waals surface area (Å²) in [5, 5.41) is 4.11. The second kappa shape index (κ2) is 7.34. The van der Waals surface area contributed by atoms with Crippen LogP contribution in [-0.4, -0.2) is 25.3 Å². The molecule has 0 amide bonds. The lowest BCUT2D eigenvalue weighted by molar-refractivity contribution is 0.0248. The molecule has 0 aliphatic carbocycles. The fourth-order valence-corrected chi connectivity index (χ4v) is 2.76. The number of aryl methyl sites for hydroxylation is 3. The lowest BCUT2D eigenvalue weighted by Gasteiger charge is -2.18. The zero-order chi connectivity index (χ0) is 17.8. The van der Waals surface area contributed by atoms with E-state index in [-0.39, 0.29) is 5.97 Å². The van der Waals surface area contributed by atoms with Crippen LogP contribution in [0.5, 0.6) is 0 Å². The Morgan fingerprint density at radius 3 is 2.60 bits per heavy atom. The van der Waals surface area contributed by atoms with E-state index in [1.165, 1.54) is 5.56 Å². The van der Waals surface area contributed by atoms with E-state index in [9.17, 15) is 4.79 Å². The highest BCUT2D eigenvalue weighted by molar-refractivity contribution is 5.90. The summed E-state index contributed by atoms with van der Waals surface area (Å²) in [6.07, 6.45) is 6.18. The molecule has 3 rings (SSSR count). The van der Waals surface area contributed by atoms with Gasteiger partial charge in [-0.05, 0) is 25.3 Å². The molecule has 2 aromatic heterocycles. The highest BCUT2D eigenvalue weighted by Gasteiger charge is 2.23. The third-order valence-electron chi connectivity index (χ3n) is 4.39. The molecule has 6 heteroatoms. The molecular weight excluding hydrogens is 316 g/mol. The highest BCUT2D eigenvalue weighted by Crippen LogP contribution is 2.24. The molecule has 1 atom stereocenters. The standard InChI is InChI=1S/C19H22N4O2/c1-14-16(13-21-23(14)3)19(24)25-17(18-20-11-12-22(18)2)10-9-15-7-5-4-6-8-15/h4-8,11-13,17H,9-10H2,1-3H3/t17-/m1/s1. The Balaban J connectivity index is 1.78. The van der Waals surface area contributed by atoms with E-state index in [2.05, 4.69) is 22.2 Å². The van der Waals surface area contributed by atoms with Gasteiger partial charge in [0.2, 0.25) is 0 Å². The van der Waals surface area contributed by atoms with Crippen molar-refractivity contribution in [3.8, 4) is 0 Å². The zero-order valence-corrected chi connectivity index (χ0v) is 14.7. The van der Waals surface area contributed by atoms with E-state index in [4.69, 9.17) is 4.74 Å². The second-order valence-electron chi connectivity index (χ2n) is 6.08. The van der Waals surface area contributed by atoms with E-state index in [1.54, 1.807) is 24.1 Å². The lowest BCUT2D eigenvalue weighted by atomic mass is 10.1. The second-order valence-corrected chi connectivity index (χ2v) is 6.08. The van der Waals surface area contributed by atoms with Crippen molar-refractivity contribution in [2.75, 3.05) is 0 Å². The predicted octanol–water partition coefficient (Wildman–Crippen LogP) is 2.99. The molecule has 0 N–H and O–H groups in total. The zero-order valence-electron chi connectivity index (χ0n) is 14.7. The fraction of sp³-hybridized carbons (Fsp3) is 0.316. The van der Waals surface area contributed by atoms with E-state index in [0.717, 1.165) is 17.9 Å². The lowest BCUT2D eigenvalue weighted by Crippen LogP contribution is -2.16. The predicted molar refractivity (Wildman–Crippen MR) is 94.1 cm³/mol. The van der Waals surface area contributed by atoms with Crippen LogP contribution in [0, 0.1) is 6.92 Å². The highest BCUT2D eigenvalue weighted by atomic mass is 16.5. The molecule has 0 spiro atoms. The molecule has 0 saturated heterocycles. The summed E-state index contributed by atoms with van der Waals surface area (Å²) in [6, 6.07) is 10.2. The summed E-state index contributed by atoms with van der Waals surface area (Å²) < 4.78 is 9.35. The molecule has 2 heterocycles. The fourth-order valence-electron chi connectivity index (χ4n) is 2.76. The molecule has 25 heavy (non-hydrogen) atoms. The molecule has 0 aliphatic heterocycles. The van der Waals surface area contributed by atoms with Crippen molar-refractivity contribution in [2.45, 2.75) is 25.9 Å². The van der Waals surface area contributed by atoms with Gasteiger partial charge in [-0.2, -0.15) is 5.10 Å². The maximum atomic E-state index is 12.6. The number of aromatic nitrogens is 4. The van der Waals surface area contributed by atoms with Gasteiger partial charge in [0.15, 0.2) is 6.10 Å². The van der Waals surface area contributed by atoms with Crippen molar-refractivity contribution < 1.29 is 9.53 Å². The van der Waals surface area contributed by atoms with Crippen LogP contribution >= 0.6 is 0 Å². The first-order chi connectivity index (χ1) is 12.1. The number of hydrogen-bond acceptors (Lipinski definition) is 4. The third kappa shape index (κ3) is 3.79. The number of esters is 1. The Hall–Kier alpha value is -2.89. The number of nitrogens with zero attached hydrogens (tertiary/aromatic N) is 4. The Bertz CT molecular complexity index is 851. The van der Waals surface area contributed by atoms with E-state index < -0.39 is 6.10 Å². The van der Waals surface area contributed by atoms with Crippen molar-refractivity contribution in [2.24, 2.45) is 14.1 Å². The van der Waals surface area contributed by atoms with Crippen LogP contribution in [0.4, 0.5) is 0 Å². The molecule has 0 saturated carbocycles. The molecule has 6 nitrogen and oxygen atoms in total. The normalized spacial score (nSPS) is 12.1. The van der Waals surface area contributed by atoms with Gasteiger partial charge < -0.3 is 9.30 Å². The number of carbonyl (C=O) groups is 1. The van der Waals surface area contributed by atoms with Gasteiger partial charge in [-0.15, -0.1) is 0 Å². The summed E-state index contributed by atoms with van der Waals surface area (Å²) in [4.78, 5) is 17.0. The molecule has 3 aromatic rings. The molecule has 130 valence electrons. The topological polar surface area (TPSA) is 61.9 Å². The first-order valence-corrected chi connectivity index (χ1v) is 8.27. The minimum atomic E-state index is -0.410. The Labute approximate surface area is 147 Å². The van der Waals surface area contributed by atoms with Crippen molar-refractivity contribution in [1.82, 2.24) is 19.3 Å². The van der Waals surface area contributed by atoms with Gasteiger partial charge in [0.1, 0.15) is 11.4 Å². The van der Waals surface area contributed by atoms with Gasteiger partial charge in [0, 0.05) is 32.2 Å². The van der Waals surface area contributed by atoms with Crippen LogP contribution in [0.3, 0.4) is 0 Å². The van der Waals surface area contributed by atoms with Crippen LogP contribution in [0.2, 0.25) is 0 Å². The van der Waals surface area contributed by atoms with Crippen LogP contribution in [-0.2, 0) is 25.3 Å². The number of ether oxygens (including phenoxy) is 1. The van der Waals surface area contributed by atoms with E-state index in [1.807, 2.05) is 42.9 Å². The number of hydrogen-bond donors (Lipinski definition) is 0. The third-order valence-corrected chi connectivity index (χ3v) is 4.39. The number of imidazole rings is 1. The van der Waals surface area contributed by atoms with Crippen LogP contribution in [0.1, 0.15) is 40.0 Å². The van der Waals surface area contributed by atoms with E-state index in [0.29, 0.717) is 12.0 Å². The number of rotatable bonds is 6. The maximum absolute atomic E-state index is 12.6. The SMILES string of the molecule is Cc1c(C(=O)O[C@H](CCc2ccccc2)c2nccn2C)cnn1C. The smallest absolute Gasteiger partial charge is 0.342 e. The van der Waals surface area contributed by atoms with Gasteiger partial charge in [-0.3, -0.25) is 4.68 Å². The monoisotopic (exact) mass is 338 g/mol. The maximum Gasteiger partial charge on any atom is 0.342 e. The molecule has 0 unspecified atom stereocenters. The average molecular weight is 338 g/mol. The van der Waals surface area contributed by atoms with Crippen LogP contribution < -0.4 is 0 Å². The van der Waals surface area contributed by atoms with Gasteiger partial charge in [0.25, 0.3) is 0 Å². The van der Waals surface area contributed by atoms with Crippen molar-refractivity contribution in [1.29, 1.82) is 0 Å². The summed E-state index contributed by atoms with van der Waals surface area (Å²) in [5.74, 6) is 0.373. The van der Waals surface area contributed by atoms with Gasteiger partial charge in [0.05, 0.1) is 6.20 Å². The Kier molecular flexibility index (Phi) is 4.97. The summed E-state index contributed by atoms with van der Waals surface area (Å²) in [7, 11) is 3.71. The molecule has 0 fully saturated rings. The minimum Gasteiger partial charge on any atom is -0.451 e. The van der Waals surface area contributed by atoms with Gasteiger partial charge in [-0.1, -0.05) is 30.3 Å². The average Bonchev–Trinajstić information content (AvgIpc) is 3.18. The van der Waals surface area contributed by atoms with E-state index >= 15 is 0 Å². The quantitative estimate of drug-likeness (QED) is 0.648. The summed E-state index contributed by atoms with van der Waals surface area (Å²) >= 11 is 0. The molecule has 0 radical (unpaired) electrons. The van der Waals surface area contributed by atoms with Gasteiger partial charge in [-0.25, -0.2) is 9.78 Å². The van der Waals surface area contributed by atoms with Crippen molar-refractivity contribution in [3.63, 3.8) is 0 Å². The summed E-state index contributed by atoms with van der Waals surface area (Å²) in [5.41, 5.74) is 2.48. The first kappa shape index (κ1) is 17.0. The largest absolute Gasteiger partial charge is 0.451 e. The Morgan fingerprint density at radius 1 is 1.24 bits per heavy atom. The van der Waals surface area contributed by atoms with Crippen molar-refractivity contribution >= 4 is 5.97 Å². The van der Waals surface area contributed by atoms with Crippen LogP contribution in [0.25, 0.3) is 0 Å². The van der Waals surface area contributed by atoms with Crippen molar-refractivity contribution in [3.05, 3.63) is 71.6 Å². The Morgan fingerprint density at radius 2 is 2.00 bits per heavy atom. The van der Waals surface area contributed by atoms with Gasteiger partial charge >= 0.3 is 5.97 Å². The first-order valence-electron chi connectivity index (χ1n) is 8.27. The number of carbonyl (C=O) groups excluding carboxylic acids is 1. The molecular formula is C19H22N4O2.